The third kappa shape index (κ3) is 5.28. The van der Waals surface area contributed by atoms with Gasteiger partial charge in [0.15, 0.2) is 5.76 Å². The Labute approximate surface area is 170 Å². The number of furan rings is 1. The normalized spacial score (nSPS) is 12.3. The van der Waals surface area contributed by atoms with Gasteiger partial charge in [0, 0.05) is 12.1 Å². The lowest BCUT2D eigenvalue weighted by atomic mass is 9.97. The van der Waals surface area contributed by atoms with Crippen LogP contribution in [0, 0.1) is 0 Å². The van der Waals surface area contributed by atoms with Gasteiger partial charge in [0.25, 0.3) is 5.91 Å². The van der Waals surface area contributed by atoms with Crippen molar-refractivity contribution in [2.45, 2.75) is 25.4 Å². The Hall–Kier alpha value is -3.55. The minimum absolute atomic E-state index is 0.0261. The topological polar surface area (TPSA) is 71.3 Å². The number of rotatable bonds is 6. The van der Waals surface area contributed by atoms with Crippen LogP contribution >= 0.6 is 0 Å². The minimum Gasteiger partial charge on any atom is -0.459 e. The van der Waals surface area contributed by atoms with Gasteiger partial charge in [-0.05, 0) is 41.8 Å². The number of carbonyl (C=O) groups excluding carboxylic acids is 2. The Bertz CT molecular complexity index is 1020. The number of hydrogen-bond donors (Lipinski definition) is 2. The van der Waals surface area contributed by atoms with E-state index in [2.05, 4.69) is 10.6 Å². The molecule has 3 rings (SSSR count). The van der Waals surface area contributed by atoms with Crippen molar-refractivity contribution in [3.8, 4) is 0 Å². The van der Waals surface area contributed by atoms with E-state index in [0.717, 1.165) is 17.7 Å². The van der Waals surface area contributed by atoms with Crippen LogP contribution in [-0.4, -0.2) is 11.8 Å². The number of nitrogens with one attached hydrogen (secondary N) is 2. The van der Waals surface area contributed by atoms with E-state index in [1.807, 2.05) is 37.3 Å². The predicted molar refractivity (Wildman–Crippen MR) is 106 cm³/mol. The summed E-state index contributed by atoms with van der Waals surface area (Å²) in [4.78, 5) is 24.3. The van der Waals surface area contributed by atoms with Crippen LogP contribution in [0.3, 0.4) is 0 Å². The predicted octanol–water partition coefficient (Wildman–Crippen LogP) is 5.68. The summed E-state index contributed by atoms with van der Waals surface area (Å²) in [5.74, 6) is -1.41. The van der Waals surface area contributed by atoms with Crippen LogP contribution in [0.15, 0.2) is 71.3 Å². The fourth-order valence-corrected chi connectivity index (χ4v) is 2.94. The molecule has 1 aromatic heterocycles. The van der Waals surface area contributed by atoms with Crippen LogP contribution in [0.1, 0.15) is 40.9 Å². The van der Waals surface area contributed by atoms with Crippen molar-refractivity contribution in [3.05, 3.63) is 83.8 Å². The fourth-order valence-electron chi connectivity index (χ4n) is 2.94. The second-order valence-electron chi connectivity index (χ2n) is 6.75. The summed E-state index contributed by atoms with van der Waals surface area (Å²) in [5.41, 5.74) is -0.580. The highest BCUT2D eigenvalue weighted by Gasteiger charge is 2.34. The fraction of sp³-hybridized carbons (Fsp3) is 0.182. The van der Waals surface area contributed by atoms with Crippen LogP contribution in [0.4, 0.5) is 24.5 Å². The van der Waals surface area contributed by atoms with E-state index in [9.17, 15) is 22.8 Å². The zero-order valence-electron chi connectivity index (χ0n) is 16.0. The van der Waals surface area contributed by atoms with Crippen molar-refractivity contribution < 1.29 is 27.2 Å². The Morgan fingerprint density at radius 1 is 1.00 bits per heavy atom. The molecule has 1 atom stereocenters. The van der Waals surface area contributed by atoms with Crippen molar-refractivity contribution >= 4 is 23.2 Å². The van der Waals surface area contributed by atoms with Crippen molar-refractivity contribution in [3.63, 3.8) is 0 Å². The molecule has 0 spiro atoms. The van der Waals surface area contributed by atoms with Crippen LogP contribution in [0.25, 0.3) is 0 Å². The van der Waals surface area contributed by atoms with Gasteiger partial charge in [0.2, 0.25) is 5.91 Å². The van der Waals surface area contributed by atoms with Gasteiger partial charge in [-0.25, -0.2) is 0 Å². The van der Waals surface area contributed by atoms with Crippen LogP contribution in [-0.2, 0) is 11.0 Å². The van der Waals surface area contributed by atoms with Crippen molar-refractivity contribution in [1.29, 1.82) is 0 Å². The molecule has 8 heteroatoms. The first-order valence-corrected chi connectivity index (χ1v) is 9.15. The number of hydrogen-bond acceptors (Lipinski definition) is 3. The monoisotopic (exact) mass is 416 g/mol. The van der Waals surface area contributed by atoms with Gasteiger partial charge in [-0.2, -0.15) is 13.2 Å². The second-order valence-corrected chi connectivity index (χ2v) is 6.75. The van der Waals surface area contributed by atoms with Gasteiger partial charge in [-0.15, -0.1) is 0 Å². The van der Waals surface area contributed by atoms with E-state index in [1.165, 1.54) is 24.5 Å². The highest BCUT2D eigenvalue weighted by molar-refractivity contribution is 6.02. The smallest absolute Gasteiger partial charge is 0.418 e. The molecule has 0 aliphatic heterocycles. The van der Waals surface area contributed by atoms with Gasteiger partial charge in [0.1, 0.15) is 0 Å². The summed E-state index contributed by atoms with van der Waals surface area (Å²) in [6, 6.07) is 15.3. The number of halogens is 3. The van der Waals surface area contributed by atoms with Crippen molar-refractivity contribution in [2.75, 3.05) is 10.6 Å². The quantitative estimate of drug-likeness (QED) is 0.543. The van der Waals surface area contributed by atoms with Gasteiger partial charge in [-0.3, -0.25) is 9.59 Å². The Kier molecular flexibility index (Phi) is 6.25. The lowest BCUT2D eigenvalue weighted by molar-refractivity contribution is -0.136. The molecule has 1 heterocycles. The molecular formula is C22H19F3N2O3. The number of amides is 2. The van der Waals surface area contributed by atoms with E-state index < -0.39 is 23.6 Å². The standard InChI is InChI=1S/C22H19F3N2O3/c1-14(15-6-3-2-4-7-15)12-20(28)27-18-10-9-16(13-17(18)22(23,24)25)26-21(29)19-8-5-11-30-19/h2-11,13-14H,12H2,1H3,(H,26,29)(H,27,28)/t14-/m0/s1. The van der Waals surface area contributed by atoms with Crippen LogP contribution in [0.2, 0.25) is 0 Å². The van der Waals surface area contributed by atoms with E-state index >= 15 is 0 Å². The lowest BCUT2D eigenvalue weighted by Gasteiger charge is -2.17. The Morgan fingerprint density at radius 2 is 1.73 bits per heavy atom. The summed E-state index contributed by atoms with van der Waals surface area (Å²) in [6.45, 7) is 1.83. The van der Waals surface area contributed by atoms with E-state index in [1.54, 1.807) is 0 Å². The first-order chi connectivity index (χ1) is 14.2. The molecule has 0 unspecified atom stereocenters. The summed E-state index contributed by atoms with van der Waals surface area (Å²) in [6.07, 6.45) is -3.41. The first-order valence-electron chi connectivity index (χ1n) is 9.15. The maximum atomic E-state index is 13.5. The van der Waals surface area contributed by atoms with Gasteiger partial charge >= 0.3 is 6.18 Å². The lowest BCUT2D eigenvalue weighted by Crippen LogP contribution is -2.19. The van der Waals surface area contributed by atoms with Crippen molar-refractivity contribution in [1.82, 2.24) is 0 Å². The Morgan fingerprint density at radius 3 is 2.37 bits per heavy atom. The molecule has 156 valence electrons. The molecule has 0 fully saturated rings. The average Bonchev–Trinajstić information content (AvgIpc) is 3.24. The number of anilines is 2. The molecule has 0 aliphatic rings. The molecule has 3 aromatic rings. The zero-order valence-corrected chi connectivity index (χ0v) is 16.0. The molecule has 2 N–H and O–H groups in total. The van der Waals surface area contributed by atoms with Crippen LogP contribution < -0.4 is 10.6 Å². The summed E-state index contributed by atoms with van der Waals surface area (Å²) >= 11 is 0. The van der Waals surface area contributed by atoms with Gasteiger partial charge < -0.3 is 15.1 Å². The molecule has 2 aromatic carbocycles. The maximum Gasteiger partial charge on any atom is 0.418 e. The zero-order chi connectivity index (χ0) is 21.7. The Balaban J connectivity index is 1.75. The average molecular weight is 416 g/mol. The van der Waals surface area contributed by atoms with E-state index in [-0.39, 0.29) is 29.5 Å². The molecule has 5 nitrogen and oxygen atoms in total. The third-order valence-corrected chi connectivity index (χ3v) is 4.46. The summed E-state index contributed by atoms with van der Waals surface area (Å²) < 4.78 is 45.5. The number of carbonyl (C=O) groups is 2. The SMILES string of the molecule is C[C@@H](CC(=O)Nc1ccc(NC(=O)c2ccco2)cc1C(F)(F)F)c1ccccc1. The van der Waals surface area contributed by atoms with Crippen molar-refractivity contribution in [2.24, 2.45) is 0 Å². The highest BCUT2D eigenvalue weighted by Crippen LogP contribution is 2.37. The van der Waals surface area contributed by atoms with Crippen LogP contribution in [0.5, 0.6) is 0 Å². The summed E-state index contributed by atoms with van der Waals surface area (Å²) in [7, 11) is 0. The molecule has 0 saturated carbocycles. The van der Waals surface area contributed by atoms with Gasteiger partial charge in [0.05, 0.1) is 17.5 Å². The minimum atomic E-state index is -4.72. The molecular weight excluding hydrogens is 397 g/mol. The van der Waals surface area contributed by atoms with E-state index in [0.29, 0.717) is 0 Å². The third-order valence-electron chi connectivity index (χ3n) is 4.46. The highest BCUT2D eigenvalue weighted by atomic mass is 19.4. The molecule has 0 radical (unpaired) electrons. The van der Waals surface area contributed by atoms with E-state index in [4.69, 9.17) is 4.42 Å². The molecule has 2 amide bonds. The molecule has 30 heavy (non-hydrogen) atoms. The first kappa shape index (κ1) is 21.2. The largest absolute Gasteiger partial charge is 0.459 e. The number of benzene rings is 2. The molecule has 0 bridgehead atoms. The molecule has 0 saturated heterocycles. The second kappa shape index (κ2) is 8.86. The maximum absolute atomic E-state index is 13.5. The number of alkyl halides is 3. The molecule has 0 aliphatic carbocycles. The van der Waals surface area contributed by atoms with Gasteiger partial charge in [-0.1, -0.05) is 37.3 Å². The summed E-state index contributed by atoms with van der Waals surface area (Å²) in [5, 5.41) is 4.68.